The van der Waals surface area contributed by atoms with Crippen LogP contribution in [0.5, 0.6) is 0 Å². The molecule has 0 saturated carbocycles. The fourth-order valence-corrected chi connectivity index (χ4v) is 7.81. The average molecular weight is 719 g/mol. The molecule has 262 valence electrons. The monoisotopic (exact) mass is 718 g/mol. The van der Waals surface area contributed by atoms with Gasteiger partial charge < -0.3 is 20.6 Å². The molecule has 3 amide bonds. The molecule has 5 rings (SSSR count). The summed E-state index contributed by atoms with van der Waals surface area (Å²) in [6, 6.07) is 24.7. The van der Waals surface area contributed by atoms with E-state index < -0.39 is 39.4 Å². The van der Waals surface area contributed by atoms with Crippen LogP contribution in [0, 0.1) is 5.82 Å². The fourth-order valence-electron chi connectivity index (χ4n) is 5.51. The quantitative estimate of drug-likeness (QED) is 0.162. The zero-order valence-electron chi connectivity index (χ0n) is 27.9. The minimum Gasteiger partial charge on any atom is -0.392 e. The largest absolute Gasteiger partial charge is 0.392 e. The van der Waals surface area contributed by atoms with Crippen molar-refractivity contribution in [2.75, 3.05) is 17.2 Å². The van der Waals surface area contributed by atoms with E-state index in [4.69, 9.17) is 0 Å². The third-order valence-electron chi connectivity index (χ3n) is 8.04. The number of hydrogen-bond acceptors (Lipinski definition) is 8. The predicted octanol–water partition coefficient (Wildman–Crippen LogP) is 4.87. The Hall–Kier alpha value is -4.56. The number of benzene rings is 4. The maximum absolute atomic E-state index is 14.3. The van der Waals surface area contributed by atoms with Gasteiger partial charge in [-0.3, -0.25) is 14.4 Å². The predicted molar refractivity (Wildman–Crippen MR) is 192 cm³/mol. The number of sulfonamides is 1. The van der Waals surface area contributed by atoms with Crippen molar-refractivity contribution in [3.05, 3.63) is 114 Å². The van der Waals surface area contributed by atoms with E-state index in [0.717, 1.165) is 0 Å². The number of aliphatic hydroxyl groups is 1. The van der Waals surface area contributed by atoms with Crippen LogP contribution in [0.4, 0.5) is 10.1 Å². The molecule has 0 fully saturated rings. The second-order valence-electron chi connectivity index (χ2n) is 12.8. The van der Waals surface area contributed by atoms with Crippen LogP contribution in [-0.2, 0) is 26.2 Å². The van der Waals surface area contributed by atoms with Gasteiger partial charge in [0.15, 0.2) is 0 Å². The smallest absolute Gasteiger partial charge is 0.264 e. The maximum atomic E-state index is 14.3. The SMILES string of the molecule is C[C@@H](O)CNC(C)(C)CC(=O)N[C@@H]1CSc2cc(F)ccc2N(Cc2ccc(-c3ccccc3S(=O)(=O)NC(=O)c3ccccc3)cc2)C1=O. The molecule has 10 nitrogen and oxygen atoms in total. The van der Waals surface area contributed by atoms with E-state index in [-0.39, 0.29) is 41.0 Å². The molecule has 0 saturated heterocycles. The number of thioether (sulfide) groups is 1. The van der Waals surface area contributed by atoms with Crippen molar-refractivity contribution >= 4 is 45.2 Å². The molecule has 0 radical (unpaired) electrons. The summed E-state index contributed by atoms with van der Waals surface area (Å²) in [7, 11) is -4.24. The van der Waals surface area contributed by atoms with Gasteiger partial charge in [-0.15, -0.1) is 11.8 Å². The van der Waals surface area contributed by atoms with Gasteiger partial charge in [-0.1, -0.05) is 60.7 Å². The van der Waals surface area contributed by atoms with E-state index in [1.165, 1.54) is 47.0 Å². The van der Waals surface area contributed by atoms with Crippen LogP contribution >= 0.6 is 11.8 Å². The Kier molecular flexibility index (Phi) is 11.4. The number of nitrogens with one attached hydrogen (secondary N) is 3. The van der Waals surface area contributed by atoms with Gasteiger partial charge in [0.1, 0.15) is 11.9 Å². The van der Waals surface area contributed by atoms with Crippen LogP contribution < -0.4 is 20.3 Å². The Bertz CT molecular complexity index is 1970. The van der Waals surface area contributed by atoms with Crippen molar-refractivity contribution in [2.24, 2.45) is 0 Å². The minimum absolute atomic E-state index is 0.0599. The van der Waals surface area contributed by atoms with Crippen molar-refractivity contribution in [3.8, 4) is 11.1 Å². The van der Waals surface area contributed by atoms with Crippen molar-refractivity contribution < 1.29 is 32.3 Å². The first kappa shape index (κ1) is 36.7. The number of nitrogens with zero attached hydrogens (tertiary/aromatic N) is 1. The summed E-state index contributed by atoms with van der Waals surface area (Å²) in [4.78, 5) is 41.8. The second kappa shape index (κ2) is 15.5. The highest BCUT2D eigenvalue weighted by molar-refractivity contribution is 7.99. The van der Waals surface area contributed by atoms with Gasteiger partial charge in [-0.2, -0.15) is 0 Å². The van der Waals surface area contributed by atoms with Gasteiger partial charge in [0.2, 0.25) is 5.91 Å². The van der Waals surface area contributed by atoms with Crippen LogP contribution in [0.1, 0.15) is 43.1 Å². The number of aliphatic hydroxyl groups excluding tert-OH is 1. The van der Waals surface area contributed by atoms with Gasteiger partial charge in [-0.25, -0.2) is 17.5 Å². The number of anilines is 1. The first-order valence-electron chi connectivity index (χ1n) is 16.0. The second-order valence-corrected chi connectivity index (χ2v) is 15.5. The summed E-state index contributed by atoms with van der Waals surface area (Å²) >= 11 is 1.28. The average Bonchev–Trinajstić information content (AvgIpc) is 3.20. The zero-order valence-corrected chi connectivity index (χ0v) is 29.5. The van der Waals surface area contributed by atoms with E-state index in [2.05, 4.69) is 15.4 Å². The number of hydrogen-bond donors (Lipinski definition) is 4. The Balaban J connectivity index is 1.36. The molecule has 0 aliphatic carbocycles. The molecule has 4 N–H and O–H groups in total. The van der Waals surface area contributed by atoms with Crippen LogP contribution in [0.3, 0.4) is 0 Å². The number of carbonyl (C=O) groups excluding carboxylic acids is 3. The Morgan fingerprint density at radius 2 is 1.68 bits per heavy atom. The molecular formula is C37H39FN4O6S2. The summed E-state index contributed by atoms with van der Waals surface area (Å²) in [5.74, 6) is -1.70. The highest BCUT2D eigenvalue weighted by Crippen LogP contribution is 2.36. The van der Waals surface area contributed by atoms with Gasteiger partial charge in [-0.05, 0) is 68.3 Å². The molecule has 0 spiro atoms. The number of fused-ring (bicyclic) bond motifs is 1. The summed E-state index contributed by atoms with van der Waals surface area (Å²) in [6.07, 6.45) is -0.529. The molecule has 13 heteroatoms. The lowest BCUT2D eigenvalue weighted by molar-refractivity contribution is -0.127. The molecule has 1 heterocycles. The molecule has 0 aromatic heterocycles. The number of amides is 3. The Morgan fingerprint density at radius 3 is 2.38 bits per heavy atom. The van der Waals surface area contributed by atoms with E-state index in [1.54, 1.807) is 73.7 Å². The van der Waals surface area contributed by atoms with Gasteiger partial charge in [0, 0.05) is 40.3 Å². The van der Waals surface area contributed by atoms with Crippen molar-refractivity contribution in [2.45, 2.75) is 61.2 Å². The lowest BCUT2D eigenvalue weighted by Crippen LogP contribution is -2.52. The van der Waals surface area contributed by atoms with Crippen molar-refractivity contribution in [1.82, 2.24) is 15.4 Å². The molecule has 0 unspecified atom stereocenters. The van der Waals surface area contributed by atoms with E-state index in [0.29, 0.717) is 33.8 Å². The molecule has 1 aliphatic heterocycles. The zero-order chi connectivity index (χ0) is 36.1. The summed E-state index contributed by atoms with van der Waals surface area (Å²) in [5.41, 5.74) is 1.73. The van der Waals surface area contributed by atoms with Crippen LogP contribution in [0.25, 0.3) is 11.1 Å². The number of β-amino-alcohol motifs (C(OH)–C–C–N with tert-alkyl or cyclic N) is 1. The van der Waals surface area contributed by atoms with Crippen LogP contribution in [0.15, 0.2) is 107 Å². The van der Waals surface area contributed by atoms with Gasteiger partial charge >= 0.3 is 0 Å². The molecule has 2 atom stereocenters. The number of halogens is 1. The normalized spacial score (nSPS) is 15.5. The van der Waals surface area contributed by atoms with Crippen molar-refractivity contribution in [1.29, 1.82) is 0 Å². The summed E-state index contributed by atoms with van der Waals surface area (Å²) in [5, 5.41) is 15.6. The summed E-state index contributed by atoms with van der Waals surface area (Å²) in [6.45, 7) is 5.71. The molecule has 4 aromatic carbocycles. The molecule has 1 aliphatic rings. The Morgan fingerprint density at radius 1 is 1.00 bits per heavy atom. The third-order valence-corrected chi connectivity index (χ3v) is 10.6. The maximum Gasteiger partial charge on any atom is 0.264 e. The molecule has 50 heavy (non-hydrogen) atoms. The first-order chi connectivity index (χ1) is 23.7. The van der Waals surface area contributed by atoms with Crippen LogP contribution in [-0.4, -0.2) is 61.2 Å². The third kappa shape index (κ3) is 9.16. The first-order valence-corrected chi connectivity index (χ1v) is 18.5. The minimum atomic E-state index is -4.24. The van der Waals surface area contributed by atoms with Crippen molar-refractivity contribution in [3.63, 3.8) is 0 Å². The highest BCUT2D eigenvalue weighted by Gasteiger charge is 2.33. The van der Waals surface area contributed by atoms with E-state index in [1.807, 2.05) is 13.8 Å². The molecule has 0 bridgehead atoms. The standard InChI is InChI=1S/C37H39FN4O6S2/c1-24(43)21-39-37(2,3)20-34(44)40-30-23-49-32-19-28(38)17-18-31(32)42(36(30)46)22-25-13-15-26(16-14-25)29-11-7-8-12-33(29)50(47,48)41-35(45)27-9-5-4-6-10-27/h4-19,24,30,39,43H,20-23H2,1-3H3,(H,40,44)(H,41,45)/t24-,30-/m1/s1. The number of carbonyl (C=O) groups is 3. The topological polar surface area (TPSA) is 145 Å². The molecule has 4 aromatic rings. The van der Waals surface area contributed by atoms with Gasteiger partial charge in [0.25, 0.3) is 21.8 Å². The van der Waals surface area contributed by atoms with E-state index >= 15 is 0 Å². The summed E-state index contributed by atoms with van der Waals surface area (Å²) < 4.78 is 43.1. The molecular weight excluding hydrogens is 680 g/mol. The van der Waals surface area contributed by atoms with Crippen LogP contribution in [0.2, 0.25) is 0 Å². The van der Waals surface area contributed by atoms with E-state index in [9.17, 15) is 32.3 Å². The van der Waals surface area contributed by atoms with Gasteiger partial charge in [0.05, 0.1) is 23.2 Å². The lowest BCUT2D eigenvalue weighted by atomic mass is 9.99. The lowest BCUT2D eigenvalue weighted by Gasteiger charge is -2.29. The fraction of sp³-hybridized carbons (Fsp3) is 0.270. The number of rotatable bonds is 12. The highest BCUT2D eigenvalue weighted by atomic mass is 32.2. The Labute approximate surface area is 295 Å².